The fourth-order valence-corrected chi connectivity index (χ4v) is 3.93. The lowest BCUT2D eigenvalue weighted by Gasteiger charge is -2.11. The van der Waals surface area contributed by atoms with Crippen molar-refractivity contribution in [2.75, 3.05) is 19.3 Å². The third-order valence-corrected chi connectivity index (χ3v) is 5.69. The molecule has 0 aliphatic carbocycles. The molecule has 150 valence electrons. The molecule has 1 aromatic heterocycles. The van der Waals surface area contributed by atoms with E-state index in [0.717, 1.165) is 27.9 Å². The zero-order valence-electron chi connectivity index (χ0n) is 16.1. The summed E-state index contributed by atoms with van der Waals surface area (Å²) in [6.07, 6.45) is 0. The highest BCUT2D eigenvalue weighted by Gasteiger charge is 2.10. The largest absolute Gasteiger partial charge is 0.459 e. The van der Waals surface area contributed by atoms with Crippen LogP contribution in [0.15, 0.2) is 64.0 Å². The zero-order chi connectivity index (χ0) is 19.1. The molecular weight excluding hydrogens is 485 g/mol. The summed E-state index contributed by atoms with van der Waals surface area (Å²) in [6, 6.07) is 17.9. The number of halogens is 1. The van der Waals surface area contributed by atoms with Gasteiger partial charge in [0.15, 0.2) is 5.96 Å². The number of nitrogens with one attached hydrogen (secondary N) is 2. The van der Waals surface area contributed by atoms with Gasteiger partial charge in [-0.15, -0.1) is 24.0 Å². The highest BCUT2D eigenvalue weighted by Crippen LogP contribution is 2.24. The van der Waals surface area contributed by atoms with Gasteiger partial charge < -0.3 is 15.1 Å². The van der Waals surface area contributed by atoms with E-state index >= 15 is 0 Å². The van der Waals surface area contributed by atoms with Crippen molar-refractivity contribution < 1.29 is 8.63 Å². The molecule has 5 nitrogen and oxygen atoms in total. The van der Waals surface area contributed by atoms with Crippen LogP contribution in [0.1, 0.15) is 16.9 Å². The summed E-state index contributed by atoms with van der Waals surface area (Å²) in [6.45, 7) is 3.21. The molecule has 2 aromatic carbocycles. The van der Waals surface area contributed by atoms with Crippen molar-refractivity contribution in [3.63, 3.8) is 0 Å². The van der Waals surface area contributed by atoms with Gasteiger partial charge in [-0.2, -0.15) is 0 Å². The third kappa shape index (κ3) is 6.07. The van der Waals surface area contributed by atoms with Gasteiger partial charge >= 0.3 is 0 Å². The van der Waals surface area contributed by atoms with Gasteiger partial charge in [0.05, 0.1) is 6.54 Å². The predicted octanol–water partition coefficient (Wildman–Crippen LogP) is 3.97. The van der Waals surface area contributed by atoms with Crippen LogP contribution in [-0.4, -0.2) is 29.5 Å². The Balaban J connectivity index is 0.00000280. The topological polar surface area (TPSA) is 66.6 Å². The first-order chi connectivity index (χ1) is 13.2. The fourth-order valence-electron chi connectivity index (χ4n) is 2.89. The Kier molecular flexibility index (Phi) is 8.98. The quantitative estimate of drug-likeness (QED) is 0.286. The van der Waals surface area contributed by atoms with Gasteiger partial charge in [-0.05, 0) is 18.6 Å². The molecule has 1 atom stereocenters. The number of para-hydroxylation sites is 1. The lowest BCUT2D eigenvalue weighted by molar-refractivity contribution is 0.535. The summed E-state index contributed by atoms with van der Waals surface area (Å²) in [5.41, 5.74) is 3.13. The van der Waals surface area contributed by atoms with Gasteiger partial charge in [-0.25, -0.2) is 0 Å². The lowest BCUT2D eigenvalue weighted by atomic mass is 10.1. The summed E-state index contributed by atoms with van der Waals surface area (Å²) >= 11 is 0. The third-order valence-electron chi connectivity index (χ3n) is 4.38. The molecule has 3 aromatic rings. The van der Waals surface area contributed by atoms with Crippen molar-refractivity contribution in [2.24, 2.45) is 4.99 Å². The second-order valence-corrected chi connectivity index (χ2v) is 7.85. The van der Waals surface area contributed by atoms with E-state index in [9.17, 15) is 4.21 Å². The van der Waals surface area contributed by atoms with Crippen LogP contribution in [0.2, 0.25) is 0 Å². The molecule has 0 fully saturated rings. The van der Waals surface area contributed by atoms with E-state index in [2.05, 4.69) is 28.6 Å². The van der Waals surface area contributed by atoms with Crippen molar-refractivity contribution in [1.82, 2.24) is 10.6 Å². The molecule has 3 rings (SSSR count). The van der Waals surface area contributed by atoms with Crippen molar-refractivity contribution in [3.8, 4) is 0 Å². The zero-order valence-corrected chi connectivity index (χ0v) is 19.3. The van der Waals surface area contributed by atoms with Gasteiger partial charge in [0.2, 0.25) is 0 Å². The average Bonchev–Trinajstić information content (AvgIpc) is 3.01. The summed E-state index contributed by atoms with van der Waals surface area (Å²) in [5.74, 6) is 2.71. The van der Waals surface area contributed by atoms with Crippen LogP contribution < -0.4 is 10.6 Å². The van der Waals surface area contributed by atoms with E-state index in [1.54, 1.807) is 7.05 Å². The number of hydrogen-bond acceptors (Lipinski definition) is 3. The maximum atomic E-state index is 12.2. The minimum Gasteiger partial charge on any atom is -0.459 e. The summed E-state index contributed by atoms with van der Waals surface area (Å²) in [4.78, 5) is 4.22. The molecule has 0 saturated carbocycles. The Labute approximate surface area is 185 Å². The lowest BCUT2D eigenvalue weighted by Crippen LogP contribution is -2.38. The Bertz CT molecular complexity index is 941. The van der Waals surface area contributed by atoms with Crippen LogP contribution in [0.5, 0.6) is 0 Å². The molecule has 0 bridgehead atoms. The number of aliphatic imine (C=N–C) groups is 1. The van der Waals surface area contributed by atoms with Gasteiger partial charge in [0.1, 0.15) is 11.3 Å². The van der Waals surface area contributed by atoms with Gasteiger partial charge in [-0.3, -0.25) is 9.20 Å². The van der Waals surface area contributed by atoms with Crippen LogP contribution in [0, 0.1) is 6.92 Å². The first-order valence-electron chi connectivity index (χ1n) is 8.98. The van der Waals surface area contributed by atoms with Crippen LogP contribution >= 0.6 is 24.0 Å². The van der Waals surface area contributed by atoms with Gasteiger partial charge in [0.25, 0.3) is 0 Å². The second-order valence-electron chi connectivity index (χ2n) is 6.27. The van der Waals surface area contributed by atoms with Crippen LogP contribution in [0.3, 0.4) is 0 Å². The molecule has 0 radical (unpaired) electrons. The predicted molar refractivity (Wildman–Crippen MR) is 128 cm³/mol. The molecule has 1 unspecified atom stereocenters. The van der Waals surface area contributed by atoms with Gasteiger partial charge in [0, 0.05) is 46.8 Å². The molecule has 0 amide bonds. The van der Waals surface area contributed by atoms with Crippen LogP contribution in [0.25, 0.3) is 11.0 Å². The summed E-state index contributed by atoms with van der Waals surface area (Å²) < 4.78 is 18.1. The average molecular weight is 511 g/mol. The molecule has 0 spiro atoms. The number of hydrogen-bond donors (Lipinski definition) is 2. The molecule has 0 saturated heterocycles. The van der Waals surface area contributed by atoms with Crippen molar-refractivity contribution in [1.29, 1.82) is 0 Å². The minimum absolute atomic E-state index is 0. The Hall–Kier alpha value is -1.87. The number of fused-ring (bicyclic) bond motifs is 1. The number of rotatable bonds is 7. The van der Waals surface area contributed by atoms with E-state index in [1.807, 2.05) is 48.5 Å². The van der Waals surface area contributed by atoms with E-state index in [-0.39, 0.29) is 24.0 Å². The smallest absolute Gasteiger partial charge is 0.191 e. The van der Waals surface area contributed by atoms with Crippen LogP contribution in [0.4, 0.5) is 0 Å². The number of benzene rings is 2. The SMILES string of the molecule is CN=C(NCCS(=O)Cc1ccccc1)NCc1oc2ccccc2c1C.I. The minimum atomic E-state index is -0.907. The maximum Gasteiger partial charge on any atom is 0.191 e. The van der Waals surface area contributed by atoms with Gasteiger partial charge in [-0.1, -0.05) is 48.5 Å². The molecule has 28 heavy (non-hydrogen) atoms. The van der Waals surface area contributed by atoms with E-state index in [1.165, 1.54) is 0 Å². The molecular formula is C21H26IN3O2S. The normalized spacial score (nSPS) is 12.4. The number of nitrogens with zero attached hydrogens (tertiary/aromatic N) is 1. The molecule has 1 heterocycles. The molecule has 0 aliphatic rings. The van der Waals surface area contributed by atoms with E-state index < -0.39 is 10.8 Å². The Morgan fingerprint density at radius 1 is 1.07 bits per heavy atom. The highest BCUT2D eigenvalue weighted by molar-refractivity contribution is 14.0. The van der Waals surface area contributed by atoms with Crippen molar-refractivity contribution in [3.05, 3.63) is 71.5 Å². The maximum absolute atomic E-state index is 12.2. The van der Waals surface area contributed by atoms with Crippen molar-refractivity contribution >= 4 is 51.7 Å². The van der Waals surface area contributed by atoms with E-state index in [0.29, 0.717) is 30.6 Å². The fraction of sp³-hybridized carbons (Fsp3) is 0.286. The molecule has 0 aliphatic heterocycles. The summed E-state index contributed by atoms with van der Waals surface area (Å²) in [7, 11) is 0.817. The molecule has 7 heteroatoms. The summed E-state index contributed by atoms with van der Waals surface area (Å²) in [5, 5.41) is 7.60. The number of aryl methyl sites for hydroxylation is 1. The monoisotopic (exact) mass is 511 g/mol. The highest BCUT2D eigenvalue weighted by atomic mass is 127. The standard InChI is InChI=1S/C21H25N3O2S.HI/c1-16-18-10-6-7-11-19(18)26-20(16)14-24-21(22-2)23-12-13-27(25)15-17-8-4-3-5-9-17;/h3-11H,12-15H2,1-2H3,(H2,22,23,24);1H. The Morgan fingerprint density at radius 2 is 1.79 bits per heavy atom. The second kappa shape index (κ2) is 11.2. The number of furan rings is 1. The molecule has 2 N–H and O–H groups in total. The van der Waals surface area contributed by atoms with E-state index in [4.69, 9.17) is 4.42 Å². The first kappa shape index (κ1) is 22.4. The Morgan fingerprint density at radius 3 is 2.50 bits per heavy atom. The number of guanidine groups is 1. The van der Waals surface area contributed by atoms with Crippen molar-refractivity contribution in [2.45, 2.75) is 19.2 Å². The van der Waals surface area contributed by atoms with Crippen LogP contribution in [-0.2, 0) is 23.1 Å². The first-order valence-corrected chi connectivity index (χ1v) is 10.5.